The first-order chi connectivity index (χ1) is 7.40. The monoisotopic (exact) mass is 228 g/mol. The van der Waals surface area contributed by atoms with Crippen LogP contribution >= 0.6 is 0 Å². The molecule has 0 aliphatic heterocycles. The summed E-state index contributed by atoms with van der Waals surface area (Å²) in [6, 6.07) is 0.581. The third kappa shape index (κ3) is 5.50. The summed E-state index contributed by atoms with van der Waals surface area (Å²) in [6.07, 6.45) is 4.00. The summed E-state index contributed by atoms with van der Waals surface area (Å²) < 4.78 is 0. The Labute approximate surface area is 100 Å². The van der Waals surface area contributed by atoms with E-state index in [1.807, 2.05) is 25.8 Å². The van der Waals surface area contributed by atoms with Gasteiger partial charge in [0.2, 0.25) is 5.91 Å². The highest BCUT2D eigenvalue weighted by atomic mass is 16.2. The van der Waals surface area contributed by atoms with Gasteiger partial charge >= 0.3 is 0 Å². The molecule has 0 aliphatic rings. The molecule has 2 N–H and O–H groups in total. The minimum atomic E-state index is 0.123. The normalized spacial score (nSPS) is 16.6. The van der Waals surface area contributed by atoms with E-state index < -0.39 is 0 Å². The lowest BCUT2D eigenvalue weighted by atomic mass is 10.00. The Bertz CT molecular complexity index is 204. The number of hydrogen-bond donors (Lipinski definition) is 1. The number of carbonyl (C=O) groups is 1. The van der Waals surface area contributed by atoms with Crippen molar-refractivity contribution in [2.24, 2.45) is 11.7 Å². The maximum atomic E-state index is 12.0. The van der Waals surface area contributed by atoms with Gasteiger partial charge in [0.15, 0.2) is 0 Å². The van der Waals surface area contributed by atoms with Gasteiger partial charge in [0.05, 0.1) is 0 Å². The van der Waals surface area contributed by atoms with Gasteiger partial charge in [-0.3, -0.25) is 4.79 Å². The first kappa shape index (κ1) is 15.4. The van der Waals surface area contributed by atoms with Crippen LogP contribution in [-0.4, -0.2) is 29.9 Å². The molecule has 3 nitrogen and oxygen atoms in total. The van der Waals surface area contributed by atoms with Gasteiger partial charge in [-0.15, -0.1) is 0 Å². The number of hydrogen-bond acceptors (Lipinski definition) is 2. The highest BCUT2D eigenvalue weighted by Crippen LogP contribution is 2.14. The van der Waals surface area contributed by atoms with Crippen LogP contribution < -0.4 is 5.73 Å². The van der Waals surface area contributed by atoms with E-state index >= 15 is 0 Å². The molecule has 96 valence electrons. The molecule has 0 radical (unpaired) electrons. The van der Waals surface area contributed by atoms with Gasteiger partial charge in [0.25, 0.3) is 0 Å². The molecule has 3 atom stereocenters. The Balaban J connectivity index is 3.98. The lowest BCUT2D eigenvalue weighted by Gasteiger charge is -2.27. The fourth-order valence-electron chi connectivity index (χ4n) is 1.71. The molecular weight excluding hydrogens is 200 g/mol. The molecule has 16 heavy (non-hydrogen) atoms. The molecule has 0 rings (SSSR count). The van der Waals surface area contributed by atoms with Crippen LogP contribution in [0.1, 0.15) is 53.4 Å². The topological polar surface area (TPSA) is 46.3 Å². The zero-order valence-corrected chi connectivity index (χ0v) is 11.5. The predicted molar refractivity (Wildman–Crippen MR) is 69.2 cm³/mol. The van der Waals surface area contributed by atoms with Crippen molar-refractivity contribution < 1.29 is 4.79 Å². The standard InChI is InChI=1S/C13H28N2O/c1-6-12(4)15(5)13(16)10(2)8-7-9-11(3)14/h10-12H,6-9,14H2,1-5H3. The molecule has 0 aromatic carbocycles. The van der Waals surface area contributed by atoms with E-state index in [0.717, 1.165) is 25.7 Å². The van der Waals surface area contributed by atoms with Gasteiger partial charge in [-0.25, -0.2) is 0 Å². The molecule has 0 aromatic heterocycles. The van der Waals surface area contributed by atoms with Crippen molar-refractivity contribution in [3.8, 4) is 0 Å². The Morgan fingerprint density at radius 2 is 1.81 bits per heavy atom. The van der Waals surface area contributed by atoms with Crippen molar-refractivity contribution in [1.29, 1.82) is 0 Å². The van der Waals surface area contributed by atoms with Crippen molar-refractivity contribution in [1.82, 2.24) is 4.90 Å². The van der Waals surface area contributed by atoms with E-state index in [4.69, 9.17) is 5.73 Å². The molecule has 0 bridgehead atoms. The Hall–Kier alpha value is -0.570. The number of carbonyl (C=O) groups excluding carboxylic acids is 1. The summed E-state index contributed by atoms with van der Waals surface area (Å²) in [7, 11) is 1.90. The summed E-state index contributed by atoms with van der Waals surface area (Å²) in [5.41, 5.74) is 5.69. The van der Waals surface area contributed by atoms with Crippen molar-refractivity contribution in [3.05, 3.63) is 0 Å². The van der Waals surface area contributed by atoms with Crippen LogP contribution in [0.15, 0.2) is 0 Å². The van der Waals surface area contributed by atoms with Gasteiger partial charge in [-0.1, -0.05) is 20.3 Å². The maximum Gasteiger partial charge on any atom is 0.225 e. The minimum absolute atomic E-state index is 0.123. The van der Waals surface area contributed by atoms with Gasteiger partial charge in [-0.2, -0.15) is 0 Å². The number of nitrogens with two attached hydrogens (primary N) is 1. The zero-order valence-electron chi connectivity index (χ0n) is 11.5. The Kier molecular flexibility index (Phi) is 7.39. The molecule has 0 heterocycles. The van der Waals surface area contributed by atoms with Crippen LogP contribution in [0.5, 0.6) is 0 Å². The minimum Gasteiger partial charge on any atom is -0.343 e. The number of nitrogens with zero attached hydrogens (tertiary/aromatic N) is 1. The molecular formula is C13H28N2O. The van der Waals surface area contributed by atoms with E-state index in [1.165, 1.54) is 0 Å². The van der Waals surface area contributed by atoms with E-state index in [2.05, 4.69) is 13.8 Å². The highest BCUT2D eigenvalue weighted by Gasteiger charge is 2.20. The van der Waals surface area contributed by atoms with E-state index in [0.29, 0.717) is 6.04 Å². The van der Waals surface area contributed by atoms with Gasteiger partial charge in [-0.05, 0) is 33.1 Å². The van der Waals surface area contributed by atoms with Gasteiger partial charge in [0, 0.05) is 25.0 Å². The summed E-state index contributed by atoms with van der Waals surface area (Å²) >= 11 is 0. The molecule has 0 fully saturated rings. The predicted octanol–water partition coefficient (Wildman–Crippen LogP) is 2.40. The third-order valence-electron chi connectivity index (χ3n) is 3.32. The number of amides is 1. The summed E-state index contributed by atoms with van der Waals surface area (Å²) in [6.45, 7) is 8.22. The van der Waals surface area contributed by atoms with Crippen LogP contribution in [0.2, 0.25) is 0 Å². The SMILES string of the molecule is CCC(C)N(C)C(=O)C(C)CCCC(C)N. The molecule has 3 unspecified atom stereocenters. The van der Waals surface area contributed by atoms with Crippen molar-refractivity contribution in [2.75, 3.05) is 7.05 Å². The smallest absolute Gasteiger partial charge is 0.225 e. The molecule has 0 spiro atoms. The quantitative estimate of drug-likeness (QED) is 0.727. The zero-order chi connectivity index (χ0) is 12.7. The summed E-state index contributed by atoms with van der Waals surface area (Å²) in [5.74, 6) is 0.386. The second-order valence-electron chi connectivity index (χ2n) is 5.02. The molecule has 3 heteroatoms. The van der Waals surface area contributed by atoms with Crippen molar-refractivity contribution in [2.45, 2.75) is 65.5 Å². The van der Waals surface area contributed by atoms with E-state index in [-0.39, 0.29) is 17.9 Å². The second kappa shape index (κ2) is 7.66. The molecule has 0 aromatic rings. The number of rotatable bonds is 7. The largest absolute Gasteiger partial charge is 0.343 e. The van der Waals surface area contributed by atoms with Crippen LogP contribution in [-0.2, 0) is 4.79 Å². The van der Waals surface area contributed by atoms with Gasteiger partial charge < -0.3 is 10.6 Å². The fraction of sp³-hybridized carbons (Fsp3) is 0.923. The highest BCUT2D eigenvalue weighted by molar-refractivity contribution is 5.78. The average molecular weight is 228 g/mol. The maximum absolute atomic E-state index is 12.0. The lowest BCUT2D eigenvalue weighted by Crippen LogP contribution is -2.38. The molecule has 1 amide bonds. The van der Waals surface area contributed by atoms with Crippen LogP contribution in [0.3, 0.4) is 0 Å². The van der Waals surface area contributed by atoms with E-state index in [9.17, 15) is 4.79 Å². The van der Waals surface area contributed by atoms with Crippen LogP contribution in [0.4, 0.5) is 0 Å². The third-order valence-corrected chi connectivity index (χ3v) is 3.32. The molecule has 0 saturated carbocycles. The first-order valence-electron chi connectivity index (χ1n) is 6.42. The molecule has 0 aliphatic carbocycles. The van der Waals surface area contributed by atoms with Crippen LogP contribution in [0, 0.1) is 5.92 Å². The fourth-order valence-corrected chi connectivity index (χ4v) is 1.71. The first-order valence-corrected chi connectivity index (χ1v) is 6.42. The van der Waals surface area contributed by atoms with Crippen LogP contribution in [0.25, 0.3) is 0 Å². The Morgan fingerprint density at radius 1 is 1.25 bits per heavy atom. The average Bonchev–Trinajstić information content (AvgIpc) is 2.25. The Morgan fingerprint density at radius 3 is 2.25 bits per heavy atom. The van der Waals surface area contributed by atoms with Gasteiger partial charge in [0.1, 0.15) is 0 Å². The van der Waals surface area contributed by atoms with Crippen molar-refractivity contribution in [3.63, 3.8) is 0 Å². The lowest BCUT2D eigenvalue weighted by molar-refractivity contribution is -0.135. The van der Waals surface area contributed by atoms with E-state index in [1.54, 1.807) is 0 Å². The summed E-state index contributed by atoms with van der Waals surface area (Å²) in [4.78, 5) is 13.9. The molecule has 0 saturated heterocycles. The second-order valence-corrected chi connectivity index (χ2v) is 5.02. The van der Waals surface area contributed by atoms with Crippen molar-refractivity contribution >= 4 is 5.91 Å². The summed E-state index contributed by atoms with van der Waals surface area (Å²) in [5, 5.41) is 0.